The fourth-order valence-corrected chi connectivity index (χ4v) is 1.66. The average Bonchev–Trinajstić information content (AvgIpc) is 2.27. The van der Waals surface area contributed by atoms with Crippen molar-refractivity contribution in [2.45, 2.75) is 52.2 Å². The van der Waals surface area contributed by atoms with Crippen LogP contribution in [0.2, 0.25) is 0 Å². The molecule has 0 aliphatic heterocycles. The van der Waals surface area contributed by atoms with Gasteiger partial charge in [0.1, 0.15) is 10.2 Å². The van der Waals surface area contributed by atoms with E-state index in [1.807, 2.05) is 20.8 Å². The van der Waals surface area contributed by atoms with E-state index >= 15 is 0 Å². The lowest BCUT2D eigenvalue weighted by atomic mass is 10.0. The lowest BCUT2D eigenvalue weighted by Crippen LogP contribution is -2.44. The van der Waals surface area contributed by atoms with Crippen molar-refractivity contribution in [1.82, 2.24) is 15.4 Å². The van der Waals surface area contributed by atoms with Crippen molar-refractivity contribution >= 4 is 27.7 Å². The Labute approximate surface area is 132 Å². The van der Waals surface area contributed by atoms with Crippen LogP contribution in [0.1, 0.15) is 41.0 Å². The molecule has 1 aromatic rings. The van der Waals surface area contributed by atoms with Crippen LogP contribution in [-0.4, -0.2) is 27.1 Å². The molecule has 8 heteroatoms. The summed E-state index contributed by atoms with van der Waals surface area (Å²) in [7, 11) is 0. The first-order chi connectivity index (χ1) is 9.48. The molecule has 1 aromatic heterocycles. The van der Waals surface area contributed by atoms with E-state index in [9.17, 15) is 4.79 Å². The summed E-state index contributed by atoms with van der Waals surface area (Å²) in [6.45, 7) is 9.07. The number of nitrogens with two attached hydrogens (primary N) is 1. The zero-order valence-electron chi connectivity index (χ0n) is 12.9. The molecule has 0 aromatic carbocycles. The number of nitrogen functional groups attached to an aromatic ring is 1. The molecular weight excluding hydrogens is 340 g/mol. The highest BCUT2D eigenvalue weighted by Crippen LogP contribution is 2.19. The number of nitrogens with zero attached hydrogens (tertiary/aromatic N) is 2. The Balaban J connectivity index is 2.60. The second-order valence-corrected chi connectivity index (χ2v) is 7.05. The topological polar surface area (TPSA) is 99.4 Å². The minimum absolute atomic E-state index is 0.131. The van der Waals surface area contributed by atoms with Gasteiger partial charge in [-0.25, -0.2) is 4.98 Å². The molecule has 0 fully saturated rings. The van der Waals surface area contributed by atoms with Crippen LogP contribution in [0.4, 0.5) is 5.82 Å². The number of hydrogen-bond acceptors (Lipinski definition) is 7. The largest absolute Gasteiger partial charge is 0.460 e. The van der Waals surface area contributed by atoms with Crippen molar-refractivity contribution in [3.05, 3.63) is 10.8 Å². The smallest absolute Gasteiger partial charge is 0.308 e. The Bertz CT molecular complexity index is 515. The molecule has 0 saturated carbocycles. The fraction of sp³-hybridized carbons (Fsp3) is 0.615. The third kappa shape index (κ3) is 6.72. The molecule has 1 rings (SSSR count). The number of hydrogen-bond donors (Lipinski definition) is 2. The normalized spacial score (nSPS) is 12.1. The van der Waals surface area contributed by atoms with Crippen LogP contribution in [0.25, 0.3) is 0 Å². The summed E-state index contributed by atoms with van der Waals surface area (Å²) in [4.78, 5) is 25.1. The second kappa shape index (κ2) is 6.57. The second-order valence-electron chi connectivity index (χ2n) is 6.23. The Morgan fingerprint density at radius 3 is 2.57 bits per heavy atom. The lowest BCUT2D eigenvalue weighted by molar-refractivity contribution is -0.157. The van der Waals surface area contributed by atoms with E-state index in [0.717, 1.165) is 0 Å². The molecule has 0 aliphatic rings. The molecule has 0 bridgehead atoms. The number of halogens is 1. The SMILES string of the molecule is CC(C)(CC(=O)OC(C)(C)C)NOc1nc(Br)cnc1N. The minimum atomic E-state index is -0.654. The fourth-order valence-electron chi connectivity index (χ4n) is 1.40. The number of carbonyl (C=O) groups is 1. The molecule has 0 atom stereocenters. The van der Waals surface area contributed by atoms with Gasteiger partial charge in [-0.3, -0.25) is 4.79 Å². The quantitative estimate of drug-likeness (QED) is 0.613. The molecule has 118 valence electrons. The van der Waals surface area contributed by atoms with Gasteiger partial charge in [0.15, 0.2) is 5.82 Å². The zero-order valence-corrected chi connectivity index (χ0v) is 14.4. The summed E-state index contributed by atoms with van der Waals surface area (Å²) in [5.41, 5.74) is 7.23. The van der Waals surface area contributed by atoms with E-state index < -0.39 is 11.1 Å². The van der Waals surface area contributed by atoms with Crippen LogP contribution in [0.3, 0.4) is 0 Å². The summed E-state index contributed by atoms with van der Waals surface area (Å²) >= 11 is 3.18. The number of aromatic nitrogens is 2. The number of ether oxygens (including phenoxy) is 1. The molecular formula is C13H21BrN4O3. The maximum Gasteiger partial charge on any atom is 0.308 e. The zero-order chi connectivity index (χ0) is 16.3. The molecule has 0 amide bonds. The van der Waals surface area contributed by atoms with Gasteiger partial charge in [0.2, 0.25) is 0 Å². The maximum absolute atomic E-state index is 11.8. The van der Waals surface area contributed by atoms with Gasteiger partial charge < -0.3 is 15.3 Å². The monoisotopic (exact) mass is 360 g/mol. The van der Waals surface area contributed by atoms with Crippen LogP contribution in [0, 0.1) is 0 Å². The highest BCUT2D eigenvalue weighted by molar-refractivity contribution is 9.10. The van der Waals surface area contributed by atoms with Gasteiger partial charge in [0.25, 0.3) is 5.88 Å². The maximum atomic E-state index is 11.8. The third-order valence-corrected chi connectivity index (χ3v) is 2.55. The number of hydroxylamine groups is 1. The number of carbonyl (C=O) groups excluding carboxylic acids is 1. The number of nitrogens with one attached hydrogen (secondary N) is 1. The van der Waals surface area contributed by atoms with E-state index in [4.69, 9.17) is 15.3 Å². The molecule has 3 N–H and O–H groups in total. The van der Waals surface area contributed by atoms with Gasteiger partial charge in [-0.15, -0.1) is 5.48 Å². The van der Waals surface area contributed by atoms with Crippen LogP contribution in [0.15, 0.2) is 10.8 Å². The van der Waals surface area contributed by atoms with E-state index in [-0.39, 0.29) is 24.1 Å². The third-order valence-electron chi connectivity index (χ3n) is 2.17. The van der Waals surface area contributed by atoms with Crippen LogP contribution < -0.4 is 16.1 Å². The van der Waals surface area contributed by atoms with Gasteiger partial charge in [-0.1, -0.05) is 0 Å². The summed E-state index contributed by atoms with van der Waals surface area (Å²) < 4.78 is 5.77. The van der Waals surface area contributed by atoms with Crippen LogP contribution in [0.5, 0.6) is 5.88 Å². The van der Waals surface area contributed by atoms with Gasteiger partial charge >= 0.3 is 5.97 Å². The van der Waals surface area contributed by atoms with Crippen LogP contribution in [-0.2, 0) is 9.53 Å². The number of rotatable bonds is 5. The predicted molar refractivity (Wildman–Crippen MR) is 82.4 cm³/mol. The van der Waals surface area contributed by atoms with Gasteiger partial charge in [-0.05, 0) is 50.5 Å². The average molecular weight is 361 g/mol. The van der Waals surface area contributed by atoms with Gasteiger partial charge in [0, 0.05) is 0 Å². The molecule has 21 heavy (non-hydrogen) atoms. The van der Waals surface area contributed by atoms with Crippen molar-refractivity contribution in [2.24, 2.45) is 0 Å². The number of esters is 1. The Hall–Kier alpha value is -1.41. The number of anilines is 1. The van der Waals surface area contributed by atoms with Crippen molar-refractivity contribution in [1.29, 1.82) is 0 Å². The standard InChI is InChI=1S/C13H21BrN4O3/c1-12(2,3)20-9(19)6-13(4,5)18-21-11-10(15)16-7-8(14)17-11/h7,18H,6H2,1-5H3,(H2,15,16). The molecule has 0 unspecified atom stereocenters. The molecule has 1 heterocycles. The Morgan fingerprint density at radius 2 is 2.00 bits per heavy atom. The first-order valence-corrected chi connectivity index (χ1v) is 7.22. The van der Waals surface area contributed by atoms with Crippen molar-refractivity contribution < 1.29 is 14.4 Å². The van der Waals surface area contributed by atoms with E-state index in [0.29, 0.717) is 4.60 Å². The highest BCUT2D eigenvalue weighted by Gasteiger charge is 2.27. The van der Waals surface area contributed by atoms with E-state index in [2.05, 4.69) is 31.4 Å². The summed E-state index contributed by atoms with van der Waals surface area (Å²) in [6.07, 6.45) is 1.60. The molecule has 7 nitrogen and oxygen atoms in total. The minimum Gasteiger partial charge on any atom is -0.460 e. The van der Waals surface area contributed by atoms with E-state index in [1.54, 1.807) is 13.8 Å². The Morgan fingerprint density at radius 1 is 1.38 bits per heavy atom. The summed E-state index contributed by atoms with van der Waals surface area (Å²) in [6, 6.07) is 0. The summed E-state index contributed by atoms with van der Waals surface area (Å²) in [5.74, 6) is -0.0303. The summed E-state index contributed by atoms with van der Waals surface area (Å²) in [5, 5.41) is 0. The molecule has 0 saturated heterocycles. The molecule has 0 spiro atoms. The van der Waals surface area contributed by atoms with Crippen molar-refractivity contribution in [3.8, 4) is 5.88 Å². The predicted octanol–water partition coefficient (Wildman–Crippen LogP) is 2.22. The van der Waals surface area contributed by atoms with Gasteiger partial charge in [0.05, 0.1) is 18.2 Å². The van der Waals surface area contributed by atoms with E-state index in [1.165, 1.54) is 6.20 Å². The molecule has 0 radical (unpaired) electrons. The van der Waals surface area contributed by atoms with Crippen molar-refractivity contribution in [3.63, 3.8) is 0 Å². The highest BCUT2D eigenvalue weighted by atomic mass is 79.9. The first-order valence-electron chi connectivity index (χ1n) is 6.42. The lowest BCUT2D eigenvalue weighted by Gasteiger charge is -2.27. The molecule has 0 aliphatic carbocycles. The first kappa shape index (κ1) is 17.6. The van der Waals surface area contributed by atoms with Crippen molar-refractivity contribution in [2.75, 3.05) is 5.73 Å². The Kier molecular flexibility index (Phi) is 5.52. The van der Waals surface area contributed by atoms with Gasteiger partial charge in [-0.2, -0.15) is 4.98 Å². The van der Waals surface area contributed by atoms with Crippen LogP contribution >= 0.6 is 15.9 Å².